The average molecular weight is 547 g/mol. The molecule has 3 aromatic rings. The first kappa shape index (κ1) is 23.9. The Morgan fingerprint density at radius 2 is 1.78 bits per heavy atom. The van der Waals surface area contributed by atoms with E-state index in [4.69, 9.17) is 14.1 Å². The molecule has 170 valence electrons. The van der Waals surface area contributed by atoms with Crippen LogP contribution in [0.4, 0.5) is 5.69 Å². The summed E-state index contributed by atoms with van der Waals surface area (Å²) < 4.78 is 11.2. The Kier molecular flexibility index (Phi) is 8.78. The quantitative estimate of drug-likeness (QED) is 0.283. The number of halogens is 1. The lowest BCUT2D eigenvalue weighted by Gasteiger charge is -2.38. The second-order valence-corrected chi connectivity index (χ2v) is 7.33. The monoisotopic (exact) mass is 547 g/mol. The summed E-state index contributed by atoms with van der Waals surface area (Å²) >= 11 is 0. The Morgan fingerprint density at radius 1 is 1.06 bits per heavy atom. The fourth-order valence-corrected chi connectivity index (χ4v) is 3.72. The van der Waals surface area contributed by atoms with Gasteiger partial charge < -0.3 is 24.3 Å². The topological polar surface area (TPSA) is 66.1 Å². The van der Waals surface area contributed by atoms with Crippen molar-refractivity contribution in [1.29, 1.82) is 0 Å². The van der Waals surface area contributed by atoms with Crippen LogP contribution >= 0.6 is 24.0 Å². The molecule has 8 heteroatoms. The number of anilines is 1. The van der Waals surface area contributed by atoms with Crippen LogP contribution in [0.1, 0.15) is 12.6 Å². The SMILES string of the molecule is CCNC(=NCc1coc(-c2ccccc2)n1)N1CCN(c2ccccc2OC)CC1.I. The molecular formula is C24H30IN5O2. The minimum Gasteiger partial charge on any atom is -0.495 e. The zero-order chi connectivity index (χ0) is 21.5. The summed E-state index contributed by atoms with van der Waals surface area (Å²) in [6, 6.07) is 18.1. The van der Waals surface area contributed by atoms with Gasteiger partial charge in [0.2, 0.25) is 5.89 Å². The number of aromatic nitrogens is 1. The Bertz CT molecular complexity index is 1000. The van der Waals surface area contributed by atoms with Crippen molar-refractivity contribution in [2.45, 2.75) is 13.5 Å². The molecule has 0 amide bonds. The maximum absolute atomic E-state index is 5.64. The van der Waals surface area contributed by atoms with Crippen molar-refractivity contribution < 1.29 is 9.15 Å². The van der Waals surface area contributed by atoms with E-state index in [0.717, 1.165) is 61.4 Å². The number of para-hydroxylation sites is 2. The second kappa shape index (κ2) is 11.8. The Morgan fingerprint density at radius 3 is 2.50 bits per heavy atom. The number of methoxy groups -OCH3 is 1. The molecule has 1 N–H and O–H groups in total. The molecule has 1 aliphatic rings. The van der Waals surface area contributed by atoms with Gasteiger partial charge >= 0.3 is 0 Å². The van der Waals surface area contributed by atoms with Gasteiger partial charge in [-0.15, -0.1) is 24.0 Å². The van der Waals surface area contributed by atoms with Gasteiger partial charge in [-0.1, -0.05) is 30.3 Å². The molecule has 0 spiro atoms. The third kappa shape index (κ3) is 5.73. The van der Waals surface area contributed by atoms with Crippen LogP contribution in [-0.2, 0) is 6.54 Å². The van der Waals surface area contributed by atoms with E-state index in [-0.39, 0.29) is 24.0 Å². The molecule has 0 unspecified atom stereocenters. The minimum atomic E-state index is 0. The Hall–Kier alpha value is -2.75. The number of nitrogens with one attached hydrogen (secondary N) is 1. The van der Waals surface area contributed by atoms with Crippen molar-refractivity contribution in [3.8, 4) is 17.2 Å². The van der Waals surface area contributed by atoms with Crippen LogP contribution in [0.2, 0.25) is 0 Å². The first-order valence-electron chi connectivity index (χ1n) is 10.7. The summed E-state index contributed by atoms with van der Waals surface area (Å²) in [5, 5.41) is 3.41. The summed E-state index contributed by atoms with van der Waals surface area (Å²) in [6.07, 6.45) is 1.69. The summed E-state index contributed by atoms with van der Waals surface area (Å²) in [6.45, 7) is 6.98. The number of hydrogen-bond acceptors (Lipinski definition) is 5. The molecule has 0 bridgehead atoms. The molecule has 2 heterocycles. The summed E-state index contributed by atoms with van der Waals surface area (Å²) in [5.74, 6) is 2.45. The highest BCUT2D eigenvalue weighted by Crippen LogP contribution is 2.28. The molecule has 0 aliphatic carbocycles. The van der Waals surface area contributed by atoms with E-state index in [1.807, 2.05) is 42.5 Å². The summed E-state index contributed by atoms with van der Waals surface area (Å²) in [4.78, 5) is 14.1. The number of benzene rings is 2. The van der Waals surface area contributed by atoms with Crippen molar-refractivity contribution in [3.63, 3.8) is 0 Å². The van der Waals surface area contributed by atoms with Gasteiger partial charge in [0.25, 0.3) is 0 Å². The number of piperazine rings is 1. The lowest BCUT2D eigenvalue weighted by atomic mass is 10.2. The van der Waals surface area contributed by atoms with Gasteiger partial charge in [-0.25, -0.2) is 9.98 Å². The first-order valence-corrected chi connectivity index (χ1v) is 10.7. The molecule has 32 heavy (non-hydrogen) atoms. The summed E-state index contributed by atoms with van der Waals surface area (Å²) in [5.41, 5.74) is 2.93. The van der Waals surface area contributed by atoms with Crippen molar-refractivity contribution in [2.75, 3.05) is 44.7 Å². The smallest absolute Gasteiger partial charge is 0.226 e. The zero-order valence-corrected chi connectivity index (χ0v) is 20.9. The maximum Gasteiger partial charge on any atom is 0.226 e. The fraction of sp³-hybridized carbons (Fsp3) is 0.333. The molecular weight excluding hydrogens is 517 g/mol. The fourth-order valence-electron chi connectivity index (χ4n) is 3.72. The molecule has 0 radical (unpaired) electrons. The van der Waals surface area contributed by atoms with Gasteiger partial charge in [-0.05, 0) is 31.2 Å². The highest BCUT2D eigenvalue weighted by Gasteiger charge is 2.21. The van der Waals surface area contributed by atoms with Gasteiger partial charge in [0.1, 0.15) is 17.7 Å². The van der Waals surface area contributed by atoms with Crippen LogP contribution in [0.3, 0.4) is 0 Å². The number of oxazole rings is 1. The van der Waals surface area contributed by atoms with Gasteiger partial charge in [-0.3, -0.25) is 0 Å². The van der Waals surface area contributed by atoms with E-state index in [1.54, 1.807) is 13.4 Å². The lowest BCUT2D eigenvalue weighted by Crippen LogP contribution is -2.52. The number of hydrogen-bond donors (Lipinski definition) is 1. The lowest BCUT2D eigenvalue weighted by molar-refractivity contribution is 0.367. The van der Waals surface area contributed by atoms with E-state index in [9.17, 15) is 0 Å². The van der Waals surface area contributed by atoms with Crippen LogP contribution in [-0.4, -0.2) is 55.7 Å². The van der Waals surface area contributed by atoms with E-state index in [0.29, 0.717) is 12.4 Å². The van der Waals surface area contributed by atoms with E-state index in [2.05, 4.69) is 39.2 Å². The predicted molar refractivity (Wildman–Crippen MR) is 139 cm³/mol. The number of rotatable bonds is 6. The van der Waals surface area contributed by atoms with Gasteiger partial charge in [0.15, 0.2) is 5.96 Å². The van der Waals surface area contributed by atoms with Crippen LogP contribution < -0.4 is 15.0 Å². The van der Waals surface area contributed by atoms with Gasteiger partial charge in [0.05, 0.1) is 19.3 Å². The number of aliphatic imine (C=N–C) groups is 1. The predicted octanol–water partition coefficient (Wildman–Crippen LogP) is 4.26. The number of nitrogens with zero attached hydrogens (tertiary/aromatic N) is 4. The standard InChI is InChI=1S/C24H29N5O2.HI/c1-3-25-24(26-17-20-18-31-23(27-20)19-9-5-4-6-10-19)29-15-13-28(14-16-29)21-11-7-8-12-22(21)30-2;/h4-12,18H,3,13-17H2,1-2H3,(H,25,26);1H. The minimum absolute atomic E-state index is 0. The third-order valence-corrected chi connectivity index (χ3v) is 5.30. The van der Waals surface area contributed by atoms with Crippen LogP contribution in [0.5, 0.6) is 5.75 Å². The highest BCUT2D eigenvalue weighted by molar-refractivity contribution is 14.0. The third-order valence-electron chi connectivity index (χ3n) is 5.30. The van der Waals surface area contributed by atoms with Crippen LogP contribution in [0, 0.1) is 0 Å². The van der Waals surface area contributed by atoms with Gasteiger partial charge in [0, 0.05) is 38.3 Å². The maximum atomic E-state index is 5.64. The van der Waals surface area contributed by atoms with E-state index >= 15 is 0 Å². The molecule has 4 rings (SSSR count). The molecule has 1 aromatic heterocycles. The Balaban J connectivity index is 0.00000289. The van der Waals surface area contributed by atoms with E-state index in [1.165, 1.54) is 0 Å². The largest absolute Gasteiger partial charge is 0.495 e. The van der Waals surface area contributed by atoms with Crippen LogP contribution in [0.25, 0.3) is 11.5 Å². The van der Waals surface area contributed by atoms with E-state index < -0.39 is 0 Å². The molecule has 0 atom stereocenters. The Labute approximate surface area is 206 Å². The zero-order valence-electron chi connectivity index (χ0n) is 18.5. The van der Waals surface area contributed by atoms with Crippen LogP contribution in [0.15, 0.2) is 70.3 Å². The van der Waals surface area contributed by atoms with Crippen molar-refractivity contribution in [3.05, 3.63) is 66.6 Å². The normalized spacial score (nSPS) is 14.1. The molecule has 1 aliphatic heterocycles. The highest BCUT2D eigenvalue weighted by atomic mass is 127. The molecule has 1 saturated heterocycles. The first-order chi connectivity index (χ1) is 15.3. The van der Waals surface area contributed by atoms with Crippen molar-refractivity contribution >= 4 is 35.6 Å². The molecule has 0 saturated carbocycles. The van der Waals surface area contributed by atoms with Crippen molar-refractivity contribution in [2.24, 2.45) is 4.99 Å². The molecule has 7 nitrogen and oxygen atoms in total. The van der Waals surface area contributed by atoms with Gasteiger partial charge in [-0.2, -0.15) is 0 Å². The average Bonchev–Trinajstić information content (AvgIpc) is 3.31. The van der Waals surface area contributed by atoms with Crippen molar-refractivity contribution in [1.82, 2.24) is 15.2 Å². The second-order valence-electron chi connectivity index (χ2n) is 7.33. The summed E-state index contributed by atoms with van der Waals surface area (Å²) in [7, 11) is 1.72. The number of ether oxygens (including phenoxy) is 1. The molecule has 1 fully saturated rings. The number of guanidine groups is 1. The molecule has 2 aromatic carbocycles.